The highest BCUT2D eigenvalue weighted by molar-refractivity contribution is 7.88. The number of nitrogens with one attached hydrogen (secondary N) is 2. The molecule has 1 unspecified atom stereocenters. The van der Waals surface area contributed by atoms with Crippen molar-refractivity contribution < 1.29 is 22.7 Å². The maximum Gasteiger partial charge on any atom is 0.272 e. The van der Waals surface area contributed by atoms with Crippen LogP contribution in [0.2, 0.25) is 5.02 Å². The van der Waals surface area contributed by atoms with E-state index in [1.54, 1.807) is 7.11 Å². The zero-order valence-corrected chi connectivity index (χ0v) is 23.3. The second kappa shape index (κ2) is 13.1. The van der Waals surface area contributed by atoms with Crippen LogP contribution >= 0.6 is 11.6 Å². The van der Waals surface area contributed by atoms with Gasteiger partial charge in [-0.05, 0) is 52.1 Å². The predicted molar refractivity (Wildman–Crippen MR) is 144 cm³/mol. The molecule has 2 N–H and O–H groups in total. The highest BCUT2D eigenvalue weighted by Gasteiger charge is 2.33. The van der Waals surface area contributed by atoms with E-state index in [9.17, 15) is 13.2 Å². The molecule has 11 heteroatoms. The molecule has 1 amide bonds. The Morgan fingerprint density at radius 1 is 1.31 bits per heavy atom. The molecule has 9 nitrogen and oxygen atoms in total. The van der Waals surface area contributed by atoms with Crippen LogP contribution in [0.4, 0.5) is 0 Å². The van der Waals surface area contributed by atoms with Crippen LogP contribution in [-0.2, 0) is 21.3 Å². The molecule has 2 aromatic rings. The van der Waals surface area contributed by atoms with Crippen LogP contribution in [-0.4, -0.2) is 82.1 Å². The topological polar surface area (TPSA) is 102 Å². The first-order valence-corrected chi connectivity index (χ1v) is 14.8. The summed E-state index contributed by atoms with van der Waals surface area (Å²) in [4.78, 5) is 16.1. The number of sulfonamides is 1. The molecule has 1 saturated heterocycles. The van der Waals surface area contributed by atoms with Crippen molar-refractivity contribution >= 4 is 38.4 Å². The Hall–Kier alpha value is -1.85. The maximum atomic E-state index is 14.1. The van der Waals surface area contributed by atoms with Crippen LogP contribution in [0.15, 0.2) is 18.2 Å². The molecule has 1 aromatic carbocycles. The predicted octanol–water partition coefficient (Wildman–Crippen LogP) is 3.25. The van der Waals surface area contributed by atoms with E-state index in [0.29, 0.717) is 29.6 Å². The highest BCUT2D eigenvalue weighted by Crippen LogP contribution is 2.38. The molecule has 0 radical (unpaired) electrons. The van der Waals surface area contributed by atoms with Gasteiger partial charge < -0.3 is 24.3 Å². The molecule has 1 atom stereocenters. The van der Waals surface area contributed by atoms with Crippen LogP contribution in [0, 0.1) is 0 Å². The fourth-order valence-electron chi connectivity index (χ4n) is 4.80. The molecule has 0 saturated carbocycles. The lowest BCUT2D eigenvalue weighted by molar-refractivity contribution is 0.0562. The number of piperidine rings is 1. The van der Waals surface area contributed by atoms with Gasteiger partial charge in [0.1, 0.15) is 18.1 Å². The lowest BCUT2D eigenvalue weighted by Crippen LogP contribution is -2.52. The van der Waals surface area contributed by atoms with Crippen molar-refractivity contribution in [2.24, 2.45) is 0 Å². The summed E-state index contributed by atoms with van der Waals surface area (Å²) in [5.74, 6) is 0.474. The first-order chi connectivity index (χ1) is 17.2. The van der Waals surface area contributed by atoms with E-state index in [1.165, 1.54) is 0 Å². The first kappa shape index (κ1) is 28.7. The fraction of sp³-hybridized carbons (Fsp3) is 0.640. The van der Waals surface area contributed by atoms with Gasteiger partial charge >= 0.3 is 0 Å². The van der Waals surface area contributed by atoms with Gasteiger partial charge in [0.2, 0.25) is 10.0 Å². The lowest BCUT2D eigenvalue weighted by atomic mass is 10.0. The number of aryl methyl sites for hydroxylation is 1. The van der Waals surface area contributed by atoms with Gasteiger partial charge in [-0.15, -0.1) is 0 Å². The Labute approximate surface area is 219 Å². The normalized spacial score (nSPS) is 16.6. The summed E-state index contributed by atoms with van der Waals surface area (Å²) in [5, 5.41) is 4.57. The minimum absolute atomic E-state index is 0.0104. The van der Waals surface area contributed by atoms with Crippen molar-refractivity contribution in [3.8, 4) is 5.75 Å². The van der Waals surface area contributed by atoms with E-state index in [-0.39, 0.29) is 31.1 Å². The van der Waals surface area contributed by atoms with Crippen LogP contribution in [0.3, 0.4) is 0 Å². The van der Waals surface area contributed by atoms with Crippen molar-refractivity contribution in [2.75, 3.05) is 46.2 Å². The van der Waals surface area contributed by atoms with Crippen LogP contribution in [0.1, 0.15) is 50.0 Å². The molecule has 1 fully saturated rings. The van der Waals surface area contributed by atoms with Crippen molar-refractivity contribution in [3.63, 3.8) is 0 Å². The smallest absolute Gasteiger partial charge is 0.272 e. The maximum absolute atomic E-state index is 14.1. The lowest BCUT2D eigenvalue weighted by Gasteiger charge is -2.38. The number of carbonyl (C=O) groups excluding carboxylic acids is 1. The van der Waals surface area contributed by atoms with E-state index in [1.807, 2.05) is 41.5 Å². The number of fused-ring (bicyclic) bond motifs is 1. The summed E-state index contributed by atoms with van der Waals surface area (Å²) in [6.45, 7) is 7.29. The molecule has 1 aromatic heterocycles. The molecular formula is C25H39ClN4O5S. The number of halogens is 1. The van der Waals surface area contributed by atoms with Crippen molar-refractivity contribution in [1.82, 2.24) is 19.5 Å². The molecule has 1 aliphatic rings. The third-order valence-electron chi connectivity index (χ3n) is 6.34. The third-order valence-corrected chi connectivity index (χ3v) is 7.46. The number of benzene rings is 1. The van der Waals surface area contributed by atoms with Gasteiger partial charge in [-0.3, -0.25) is 4.79 Å². The van der Waals surface area contributed by atoms with Gasteiger partial charge in [-0.25, -0.2) is 13.1 Å². The van der Waals surface area contributed by atoms with Gasteiger partial charge in [0.25, 0.3) is 5.91 Å². The van der Waals surface area contributed by atoms with E-state index >= 15 is 0 Å². The molecule has 202 valence electrons. The van der Waals surface area contributed by atoms with Gasteiger partial charge in [-0.2, -0.15) is 0 Å². The van der Waals surface area contributed by atoms with Crippen LogP contribution in [0.25, 0.3) is 10.9 Å². The summed E-state index contributed by atoms with van der Waals surface area (Å²) < 4.78 is 38.4. The van der Waals surface area contributed by atoms with E-state index in [2.05, 4.69) is 10.0 Å². The summed E-state index contributed by atoms with van der Waals surface area (Å²) in [7, 11) is -1.64. The number of rotatable bonds is 13. The molecule has 0 spiro atoms. The summed E-state index contributed by atoms with van der Waals surface area (Å²) in [5.41, 5.74) is 1.21. The molecule has 36 heavy (non-hydrogen) atoms. The first-order valence-electron chi connectivity index (χ1n) is 12.6. The quantitative estimate of drug-likeness (QED) is 0.377. The Morgan fingerprint density at radius 2 is 2.08 bits per heavy atom. The van der Waals surface area contributed by atoms with E-state index < -0.39 is 10.0 Å². The summed E-state index contributed by atoms with van der Waals surface area (Å²) in [6.07, 6.45) is 4.71. The number of amides is 1. The SMILES string of the molecule is COCCCCn1c(C(=O)N(C(C)C)C2CCCNC2)c(Cl)c2cccc(OCCNS(C)(=O)=O)c21. The molecule has 3 rings (SSSR count). The van der Waals surface area contributed by atoms with Gasteiger partial charge in [0.15, 0.2) is 0 Å². The zero-order chi connectivity index (χ0) is 26.3. The molecular weight excluding hydrogens is 504 g/mol. The van der Waals surface area contributed by atoms with Crippen molar-refractivity contribution in [1.29, 1.82) is 0 Å². The largest absolute Gasteiger partial charge is 0.490 e. The second-order valence-electron chi connectivity index (χ2n) is 9.49. The number of hydrogen-bond donors (Lipinski definition) is 2. The van der Waals surface area contributed by atoms with Gasteiger partial charge in [-0.1, -0.05) is 23.7 Å². The summed E-state index contributed by atoms with van der Waals surface area (Å²) >= 11 is 6.92. The number of methoxy groups -OCH3 is 1. The number of hydrogen-bond acceptors (Lipinski definition) is 6. The number of unbranched alkanes of at least 4 members (excludes halogenated alkanes) is 1. The molecule has 0 bridgehead atoms. The zero-order valence-electron chi connectivity index (χ0n) is 21.7. The van der Waals surface area contributed by atoms with Gasteiger partial charge in [0, 0.05) is 50.8 Å². The molecule has 1 aliphatic heterocycles. The number of nitrogens with zero attached hydrogens (tertiary/aromatic N) is 2. The Bertz CT molecular complexity index is 1130. The second-order valence-corrected chi connectivity index (χ2v) is 11.7. The van der Waals surface area contributed by atoms with Crippen LogP contribution in [0.5, 0.6) is 5.75 Å². The Balaban J connectivity index is 2.02. The molecule has 2 heterocycles. The van der Waals surface area contributed by atoms with Crippen molar-refractivity contribution in [3.05, 3.63) is 28.9 Å². The monoisotopic (exact) mass is 542 g/mol. The summed E-state index contributed by atoms with van der Waals surface area (Å²) in [6, 6.07) is 5.66. The average molecular weight is 543 g/mol. The number of carbonyl (C=O) groups is 1. The number of para-hydroxylation sites is 1. The Morgan fingerprint density at radius 3 is 2.72 bits per heavy atom. The van der Waals surface area contributed by atoms with Crippen LogP contribution < -0.4 is 14.8 Å². The van der Waals surface area contributed by atoms with E-state index in [0.717, 1.165) is 55.9 Å². The third kappa shape index (κ3) is 7.13. The Kier molecular flexibility index (Phi) is 10.4. The van der Waals surface area contributed by atoms with Gasteiger partial charge in [0.05, 0.1) is 16.8 Å². The molecule has 0 aliphatic carbocycles. The number of aromatic nitrogens is 1. The minimum atomic E-state index is -3.31. The highest BCUT2D eigenvalue weighted by atomic mass is 35.5. The average Bonchev–Trinajstić information content (AvgIpc) is 3.11. The van der Waals surface area contributed by atoms with Crippen molar-refractivity contribution in [2.45, 2.75) is 58.2 Å². The number of ether oxygens (including phenoxy) is 2. The minimum Gasteiger partial charge on any atom is -0.490 e. The fourth-order valence-corrected chi connectivity index (χ4v) is 5.59. The standard InChI is InChI=1S/C25H39ClN4O5S/c1-18(2)30(19-9-8-12-27-17-19)25(31)24-22(26)20-10-7-11-21(35-16-13-28-36(4,32)33)23(20)29(24)14-5-6-15-34-3/h7,10-11,18-19,27-28H,5-6,8-9,12-17H2,1-4H3. The van der Waals surface area contributed by atoms with E-state index in [4.69, 9.17) is 21.1 Å².